The number of nitrogens with one attached hydrogen (secondary N) is 16. The van der Waals surface area contributed by atoms with Crippen LogP contribution < -0.4 is 108 Å². The van der Waals surface area contributed by atoms with Gasteiger partial charge in [-0.1, -0.05) is 0 Å². The standard InChI is InChI=1S/C59H106N20O17/c1-27(44(63)81)65-57(94)41(21-15-18-24-60)77-54(91)37(11)72-50(87)33(7)68-47(84)30(4)70-52(89)35(9)76-59(96)43(23-17-20-26-62)79-56(93)39(13)74-51(88)34(8)69-48(85)31(5)71-53(90)36(10)75-58(95)42(22-16-19-25-61)78-55(92)38(12)73-49(86)32(6)67-46(83)29(3)66-45(82)28(2)64-40(14)80/h27-39,41-43H,15-26,60-62H2,1-14H3,(H2,63,81)(H,64,80)(H,65,94)(H,66,82)(H,67,83)(H,68,84)(H,69,85)(H,70,89)(H,71,90)(H,72,87)(H,73,86)(H,74,88)(H,75,95)(H,76,96)(H,77,91)(H,78,92)(H,79,93)/t27-,28-,29-,30-,31-,32-,33-,34-,35-,36-,37-,38-,39-,41-,42-,43-/m0/s1. The van der Waals surface area contributed by atoms with E-state index in [0.29, 0.717) is 45.1 Å². The molecule has 37 nitrogen and oxygen atoms in total. The van der Waals surface area contributed by atoms with E-state index >= 15 is 0 Å². The van der Waals surface area contributed by atoms with Gasteiger partial charge in [0.05, 0.1) is 0 Å². The lowest BCUT2D eigenvalue weighted by Gasteiger charge is -2.25. The molecule has 0 aromatic heterocycles. The second kappa shape index (κ2) is 44.5. The van der Waals surface area contributed by atoms with Crippen LogP contribution in [0.2, 0.25) is 0 Å². The molecule has 0 heterocycles. The Bertz CT molecular complexity index is 2720. The highest BCUT2D eigenvalue weighted by Gasteiger charge is 2.34. The van der Waals surface area contributed by atoms with Crippen LogP contribution >= 0.6 is 0 Å². The molecule has 0 unspecified atom stereocenters. The van der Waals surface area contributed by atoms with E-state index in [4.69, 9.17) is 22.9 Å². The monoisotopic (exact) mass is 1370 g/mol. The predicted molar refractivity (Wildman–Crippen MR) is 348 cm³/mol. The van der Waals surface area contributed by atoms with E-state index in [1.54, 1.807) is 0 Å². The maximum atomic E-state index is 13.6. The first kappa shape index (κ1) is 86.9. The lowest BCUT2D eigenvalue weighted by Crippen LogP contribution is -2.59. The van der Waals surface area contributed by atoms with Crippen molar-refractivity contribution in [2.45, 2.75) is 251 Å². The van der Waals surface area contributed by atoms with E-state index in [0.717, 1.165) is 0 Å². The van der Waals surface area contributed by atoms with Crippen LogP contribution in [0.25, 0.3) is 0 Å². The molecular formula is C59H106N20O17. The van der Waals surface area contributed by atoms with Gasteiger partial charge in [-0.25, -0.2) is 0 Å². The SMILES string of the molecule is CC(=O)N[C@@H](C)C(=O)N[C@@H](C)C(=O)N[C@@H](C)C(=O)N[C@@H](C)C(=O)N[C@@H](CCCCN)C(=O)N[C@@H](C)C(=O)N[C@@H](C)C(=O)N[C@@H](C)C(=O)N[C@@H](C)C(=O)N[C@@H](CCCCN)C(=O)N[C@@H](C)C(=O)N[C@@H](C)C(=O)N[C@@H](C)C(=O)N[C@@H](C)C(=O)N[C@@H](CCCCN)C(=O)N[C@@H](C)C(N)=O. The van der Waals surface area contributed by atoms with Crippen LogP contribution in [0.15, 0.2) is 0 Å². The van der Waals surface area contributed by atoms with Gasteiger partial charge in [0.1, 0.15) is 96.7 Å². The molecule has 17 amide bonds. The van der Waals surface area contributed by atoms with Crippen LogP contribution in [0, 0.1) is 0 Å². The third-order valence-electron chi connectivity index (χ3n) is 14.6. The molecule has 0 radical (unpaired) electrons. The van der Waals surface area contributed by atoms with E-state index in [1.165, 1.54) is 96.9 Å². The topological polar surface area (TPSA) is 587 Å². The molecule has 0 bridgehead atoms. The Kier molecular flexibility index (Phi) is 40.3. The Morgan fingerprint density at radius 2 is 0.365 bits per heavy atom. The molecule has 16 atom stereocenters. The van der Waals surface area contributed by atoms with Crippen molar-refractivity contribution < 1.29 is 81.5 Å². The van der Waals surface area contributed by atoms with Crippen molar-refractivity contribution in [3.63, 3.8) is 0 Å². The number of rotatable bonds is 44. The van der Waals surface area contributed by atoms with Gasteiger partial charge in [0, 0.05) is 6.92 Å². The highest BCUT2D eigenvalue weighted by molar-refractivity contribution is 6.00. The van der Waals surface area contributed by atoms with Gasteiger partial charge < -0.3 is 108 Å². The van der Waals surface area contributed by atoms with Crippen molar-refractivity contribution in [1.82, 2.24) is 85.1 Å². The minimum absolute atomic E-state index is 0.0370. The summed E-state index contributed by atoms with van der Waals surface area (Å²) in [6.07, 6.45) is 2.86. The molecule has 37 heteroatoms. The number of carbonyl (C=O) groups is 17. The van der Waals surface area contributed by atoms with E-state index in [1.807, 2.05) is 0 Å². The number of hydrogen-bond donors (Lipinski definition) is 20. The summed E-state index contributed by atoms with van der Waals surface area (Å²) in [5, 5.41) is 39.2. The van der Waals surface area contributed by atoms with E-state index in [9.17, 15) is 81.5 Å². The zero-order valence-electron chi connectivity index (χ0n) is 57.5. The van der Waals surface area contributed by atoms with Crippen molar-refractivity contribution >= 4 is 100 Å². The second-order valence-electron chi connectivity index (χ2n) is 23.6. The Morgan fingerprint density at radius 3 is 0.521 bits per heavy atom. The van der Waals surface area contributed by atoms with Gasteiger partial charge in [-0.3, -0.25) is 81.5 Å². The summed E-state index contributed by atoms with van der Waals surface area (Å²) in [7, 11) is 0. The zero-order valence-corrected chi connectivity index (χ0v) is 57.5. The van der Waals surface area contributed by atoms with E-state index < -0.39 is 197 Å². The van der Waals surface area contributed by atoms with Gasteiger partial charge >= 0.3 is 0 Å². The van der Waals surface area contributed by atoms with Crippen molar-refractivity contribution in [3.8, 4) is 0 Å². The van der Waals surface area contributed by atoms with Crippen LogP contribution in [0.1, 0.15) is 155 Å². The van der Waals surface area contributed by atoms with Gasteiger partial charge in [-0.15, -0.1) is 0 Å². The number of hydrogen-bond acceptors (Lipinski definition) is 20. The van der Waals surface area contributed by atoms with Crippen LogP contribution in [-0.2, 0) is 81.5 Å². The smallest absolute Gasteiger partial charge is 0.243 e. The molecule has 0 rings (SSSR count). The average molecular weight is 1370 g/mol. The Hall–Kier alpha value is -9.13. The molecule has 0 saturated carbocycles. The maximum absolute atomic E-state index is 13.6. The van der Waals surface area contributed by atoms with Gasteiger partial charge in [0.15, 0.2) is 0 Å². The summed E-state index contributed by atoms with van der Waals surface area (Å²) in [5.74, 6) is -13.1. The molecule has 0 saturated heterocycles. The van der Waals surface area contributed by atoms with Crippen LogP contribution in [0.5, 0.6) is 0 Å². The number of primary amides is 1. The first-order chi connectivity index (χ1) is 44.7. The highest BCUT2D eigenvalue weighted by atomic mass is 16.2. The van der Waals surface area contributed by atoms with Crippen LogP contribution in [0.4, 0.5) is 0 Å². The molecule has 0 spiro atoms. The van der Waals surface area contributed by atoms with Crippen LogP contribution in [-0.4, -0.2) is 217 Å². The molecule has 0 aliphatic heterocycles. The fraction of sp³-hybridized carbons (Fsp3) is 0.712. The molecule has 0 aromatic carbocycles. The van der Waals surface area contributed by atoms with Crippen molar-refractivity contribution in [3.05, 3.63) is 0 Å². The zero-order chi connectivity index (χ0) is 73.9. The summed E-state index contributed by atoms with van der Waals surface area (Å²) in [5.41, 5.74) is 22.1. The molecule has 0 aromatic rings. The summed E-state index contributed by atoms with van der Waals surface area (Å²) in [6, 6.07) is -19.3. The minimum Gasteiger partial charge on any atom is -0.368 e. The molecular weight excluding hydrogens is 1260 g/mol. The lowest BCUT2D eigenvalue weighted by atomic mass is 10.1. The van der Waals surface area contributed by atoms with Gasteiger partial charge in [-0.2, -0.15) is 0 Å². The molecule has 96 heavy (non-hydrogen) atoms. The first-order valence-corrected chi connectivity index (χ1v) is 32.0. The highest BCUT2D eigenvalue weighted by Crippen LogP contribution is 2.07. The van der Waals surface area contributed by atoms with Gasteiger partial charge in [0.2, 0.25) is 100 Å². The lowest BCUT2D eigenvalue weighted by molar-refractivity contribution is -0.135. The van der Waals surface area contributed by atoms with Crippen LogP contribution in [0.3, 0.4) is 0 Å². The Morgan fingerprint density at radius 1 is 0.219 bits per heavy atom. The number of unbranched alkanes of at least 4 members (excludes halogenated alkanes) is 3. The number of carbonyl (C=O) groups excluding carboxylic acids is 17. The minimum atomic E-state index is -1.31. The second-order valence-corrected chi connectivity index (χ2v) is 23.6. The van der Waals surface area contributed by atoms with Crippen molar-refractivity contribution in [2.75, 3.05) is 19.6 Å². The summed E-state index contributed by atoms with van der Waals surface area (Å²) >= 11 is 0. The molecule has 24 N–H and O–H groups in total. The normalized spacial score (nSPS) is 15.9. The predicted octanol–water partition coefficient (Wildman–Crippen LogP) is -8.11. The Labute approximate surface area is 559 Å². The van der Waals surface area contributed by atoms with Gasteiger partial charge in [-0.05, 0) is 167 Å². The number of amides is 17. The summed E-state index contributed by atoms with van der Waals surface area (Å²) < 4.78 is 0. The first-order valence-electron chi connectivity index (χ1n) is 32.0. The third kappa shape index (κ3) is 33.3. The molecule has 0 fully saturated rings. The molecule has 544 valence electrons. The largest absolute Gasteiger partial charge is 0.368 e. The quantitative estimate of drug-likeness (QED) is 0.0252. The molecule has 0 aliphatic carbocycles. The van der Waals surface area contributed by atoms with E-state index in [-0.39, 0.29) is 32.4 Å². The summed E-state index contributed by atoms with van der Waals surface area (Å²) in [6.45, 7) is 19.3. The third-order valence-corrected chi connectivity index (χ3v) is 14.6. The summed E-state index contributed by atoms with van der Waals surface area (Å²) in [4.78, 5) is 220. The fourth-order valence-electron chi connectivity index (χ4n) is 8.33. The number of nitrogens with two attached hydrogens (primary N) is 4. The fourth-order valence-corrected chi connectivity index (χ4v) is 8.33. The van der Waals surface area contributed by atoms with Crippen molar-refractivity contribution in [1.29, 1.82) is 0 Å². The Balaban J connectivity index is 5.55. The van der Waals surface area contributed by atoms with E-state index in [2.05, 4.69) is 85.1 Å². The average Bonchev–Trinajstić information content (AvgIpc) is 0.987. The van der Waals surface area contributed by atoms with Gasteiger partial charge in [0.25, 0.3) is 0 Å². The van der Waals surface area contributed by atoms with Crippen molar-refractivity contribution in [2.24, 2.45) is 22.9 Å². The molecule has 0 aliphatic rings. The maximum Gasteiger partial charge on any atom is 0.243 e.